The predicted octanol–water partition coefficient (Wildman–Crippen LogP) is 4.27. The number of esters is 1. The van der Waals surface area contributed by atoms with E-state index in [0.29, 0.717) is 13.0 Å². The predicted molar refractivity (Wildman–Crippen MR) is 106 cm³/mol. The molecule has 0 saturated carbocycles. The van der Waals surface area contributed by atoms with Gasteiger partial charge in [0.2, 0.25) is 0 Å². The summed E-state index contributed by atoms with van der Waals surface area (Å²) in [5.74, 6) is -0.105. The maximum atomic E-state index is 11.5. The summed E-state index contributed by atoms with van der Waals surface area (Å²) in [6.45, 7) is 0.602. The van der Waals surface area contributed by atoms with Gasteiger partial charge in [-0.05, 0) is 23.1 Å². The summed E-state index contributed by atoms with van der Waals surface area (Å²) in [5.41, 5.74) is 2.96. The van der Waals surface area contributed by atoms with Crippen LogP contribution in [0.25, 0.3) is 0 Å². The van der Waals surface area contributed by atoms with Crippen LogP contribution < -0.4 is 5.32 Å². The van der Waals surface area contributed by atoms with Crippen LogP contribution in [0, 0.1) is 0 Å². The lowest BCUT2D eigenvalue weighted by Gasteiger charge is -2.37. The first-order valence-electron chi connectivity index (χ1n) is 9.40. The minimum atomic E-state index is -0.515. The third-order valence-electron chi connectivity index (χ3n) is 5.18. The van der Waals surface area contributed by atoms with Crippen molar-refractivity contribution < 1.29 is 9.53 Å². The molecule has 3 aromatic carbocycles. The monoisotopic (exact) mass is 357 g/mol. The highest BCUT2D eigenvalue weighted by Crippen LogP contribution is 2.37. The lowest BCUT2D eigenvalue weighted by atomic mass is 9.77. The highest BCUT2D eigenvalue weighted by Gasteiger charge is 2.37. The van der Waals surface area contributed by atoms with E-state index in [1.807, 2.05) is 18.2 Å². The molecule has 1 unspecified atom stereocenters. The van der Waals surface area contributed by atoms with E-state index in [4.69, 9.17) is 4.74 Å². The molecule has 3 nitrogen and oxygen atoms in total. The number of nitrogens with one attached hydrogen (secondary N) is 1. The molecule has 136 valence electrons. The first-order valence-corrected chi connectivity index (χ1v) is 9.40. The van der Waals surface area contributed by atoms with Crippen LogP contribution in [-0.2, 0) is 15.1 Å². The molecular formula is C24H23NO2. The number of cyclic esters (lactones) is 1. The molecule has 0 radical (unpaired) electrons. The highest BCUT2D eigenvalue weighted by molar-refractivity contribution is 5.71. The average Bonchev–Trinajstić information content (AvgIpc) is 3.16. The van der Waals surface area contributed by atoms with Crippen LogP contribution in [-0.4, -0.2) is 18.6 Å². The minimum Gasteiger partial charge on any atom is -0.461 e. The molecule has 1 aliphatic heterocycles. The molecule has 3 aromatic rings. The summed E-state index contributed by atoms with van der Waals surface area (Å²) in [4.78, 5) is 11.5. The molecule has 0 aliphatic carbocycles. The van der Waals surface area contributed by atoms with Crippen LogP contribution in [0.4, 0.5) is 0 Å². The van der Waals surface area contributed by atoms with Gasteiger partial charge in [0.15, 0.2) is 0 Å². The third kappa shape index (κ3) is 3.51. The van der Waals surface area contributed by atoms with Gasteiger partial charge < -0.3 is 4.74 Å². The van der Waals surface area contributed by atoms with E-state index in [1.54, 1.807) is 0 Å². The Morgan fingerprint density at radius 2 is 1.22 bits per heavy atom. The molecule has 3 heteroatoms. The molecular weight excluding hydrogens is 334 g/mol. The molecule has 1 saturated heterocycles. The normalized spacial score (nSPS) is 16.9. The first-order chi connectivity index (χ1) is 13.3. The number of carbonyl (C=O) groups excluding carboxylic acids is 1. The van der Waals surface area contributed by atoms with Gasteiger partial charge in [0.25, 0.3) is 0 Å². The van der Waals surface area contributed by atoms with Crippen molar-refractivity contribution in [2.24, 2.45) is 0 Å². The number of benzene rings is 3. The summed E-state index contributed by atoms with van der Waals surface area (Å²) in [5, 5.41) is 3.77. The van der Waals surface area contributed by atoms with E-state index in [0.717, 1.165) is 23.1 Å². The maximum Gasteiger partial charge on any atom is 0.306 e. The number of hydrogen-bond donors (Lipinski definition) is 1. The SMILES string of the molecule is O=C1CCC(CNC(c2ccccc2)(c2ccccc2)c2ccccc2)O1. The van der Waals surface area contributed by atoms with E-state index < -0.39 is 5.54 Å². The van der Waals surface area contributed by atoms with Crippen LogP contribution in [0.1, 0.15) is 29.5 Å². The largest absolute Gasteiger partial charge is 0.461 e. The van der Waals surface area contributed by atoms with E-state index >= 15 is 0 Å². The molecule has 0 amide bonds. The van der Waals surface area contributed by atoms with Crippen molar-refractivity contribution in [3.8, 4) is 0 Å². The van der Waals surface area contributed by atoms with Crippen LogP contribution in [0.15, 0.2) is 91.0 Å². The molecule has 0 aromatic heterocycles. The minimum absolute atomic E-state index is 0.0898. The second-order valence-corrected chi connectivity index (χ2v) is 6.88. The fourth-order valence-corrected chi connectivity index (χ4v) is 3.86. The van der Waals surface area contributed by atoms with Gasteiger partial charge in [0.1, 0.15) is 6.10 Å². The van der Waals surface area contributed by atoms with Crippen molar-refractivity contribution >= 4 is 5.97 Å². The zero-order valence-corrected chi connectivity index (χ0v) is 15.2. The summed E-state index contributed by atoms with van der Waals surface area (Å²) in [6, 6.07) is 31.3. The van der Waals surface area contributed by atoms with Gasteiger partial charge in [-0.3, -0.25) is 10.1 Å². The maximum absolute atomic E-state index is 11.5. The lowest BCUT2D eigenvalue weighted by molar-refractivity contribution is -0.141. The Labute approximate surface area is 160 Å². The Kier molecular flexibility index (Phi) is 5.03. The van der Waals surface area contributed by atoms with Gasteiger partial charge in [0.05, 0.1) is 5.54 Å². The first kappa shape index (κ1) is 17.5. The van der Waals surface area contributed by atoms with Gasteiger partial charge in [-0.1, -0.05) is 91.0 Å². The summed E-state index contributed by atoms with van der Waals surface area (Å²) in [6.07, 6.45) is 1.18. The highest BCUT2D eigenvalue weighted by atomic mass is 16.5. The zero-order valence-electron chi connectivity index (χ0n) is 15.2. The topological polar surface area (TPSA) is 38.3 Å². The fourth-order valence-electron chi connectivity index (χ4n) is 3.86. The van der Waals surface area contributed by atoms with Crippen molar-refractivity contribution in [1.29, 1.82) is 0 Å². The molecule has 1 aliphatic rings. The van der Waals surface area contributed by atoms with E-state index in [2.05, 4.69) is 78.1 Å². The van der Waals surface area contributed by atoms with Crippen molar-refractivity contribution in [2.45, 2.75) is 24.5 Å². The molecule has 0 spiro atoms. The Bertz CT molecular complexity index is 781. The van der Waals surface area contributed by atoms with Crippen molar-refractivity contribution in [1.82, 2.24) is 5.32 Å². The standard InChI is InChI=1S/C24H23NO2/c26-23-17-16-22(27-23)18-25-24(19-10-4-1-5-11-19,20-12-6-2-7-13-20)21-14-8-3-9-15-21/h1-15,22,25H,16-18H2. The van der Waals surface area contributed by atoms with Crippen LogP contribution in [0.3, 0.4) is 0 Å². The van der Waals surface area contributed by atoms with Gasteiger partial charge in [0, 0.05) is 13.0 Å². The second kappa shape index (κ2) is 7.77. The smallest absolute Gasteiger partial charge is 0.306 e. The molecule has 0 bridgehead atoms. The Hall–Kier alpha value is -2.91. The van der Waals surface area contributed by atoms with Crippen molar-refractivity contribution in [3.05, 3.63) is 108 Å². The average molecular weight is 357 g/mol. The van der Waals surface area contributed by atoms with Gasteiger partial charge >= 0.3 is 5.97 Å². The van der Waals surface area contributed by atoms with E-state index in [-0.39, 0.29) is 12.1 Å². The summed E-state index contributed by atoms with van der Waals surface area (Å²) >= 11 is 0. The van der Waals surface area contributed by atoms with Crippen molar-refractivity contribution in [2.75, 3.05) is 6.54 Å². The molecule has 1 heterocycles. The van der Waals surface area contributed by atoms with E-state index in [9.17, 15) is 4.79 Å². The van der Waals surface area contributed by atoms with Gasteiger partial charge in [-0.15, -0.1) is 0 Å². The van der Waals surface area contributed by atoms with Crippen molar-refractivity contribution in [3.63, 3.8) is 0 Å². The zero-order chi connectivity index (χ0) is 18.5. The quantitative estimate of drug-likeness (QED) is 0.529. The fraction of sp³-hybridized carbons (Fsp3) is 0.208. The molecule has 4 rings (SSSR count). The van der Waals surface area contributed by atoms with Gasteiger partial charge in [-0.25, -0.2) is 0 Å². The number of ether oxygens (including phenoxy) is 1. The molecule has 1 fully saturated rings. The van der Waals surface area contributed by atoms with E-state index in [1.165, 1.54) is 0 Å². The summed E-state index contributed by atoms with van der Waals surface area (Å²) < 4.78 is 5.46. The summed E-state index contributed by atoms with van der Waals surface area (Å²) in [7, 11) is 0. The molecule has 1 atom stereocenters. The third-order valence-corrected chi connectivity index (χ3v) is 5.18. The Balaban J connectivity index is 1.82. The molecule has 1 N–H and O–H groups in total. The Morgan fingerprint density at radius 3 is 1.59 bits per heavy atom. The Morgan fingerprint density at radius 1 is 0.778 bits per heavy atom. The van der Waals surface area contributed by atoms with Crippen LogP contribution in [0.5, 0.6) is 0 Å². The van der Waals surface area contributed by atoms with Crippen LogP contribution in [0.2, 0.25) is 0 Å². The number of rotatable bonds is 6. The second-order valence-electron chi connectivity index (χ2n) is 6.88. The lowest BCUT2D eigenvalue weighted by Crippen LogP contribution is -2.47. The number of hydrogen-bond acceptors (Lipinski definition) is 3. The number of carbonyl (C=O) groups is 1. The molecule has 27 heavy (non-hydrogen) atoms. The van der Waals surface area contributed by atoms with Crippen LogP contribution >= 0.6 is 0 Å². The van der Waals surface area contributed by atoms with Gasteiger partial charge in [-0.2, -0.15) is 0 Å².